The fourth-order valence-corrected chi connectivity index (χ4v) is 7.28. The molecule has 0 spiro atoms. The summed E-state index contributed by atoms with van der Waals surface area (Å²) in [4.78, 5) is 41.5. The minimum atomic E-state index is -2.93. The van der Waals surface area contributed by atoms with Crippen LogP contribution in [0.2, 0.25) is 0 Å². The average molecular weight is 635 g/mol. The number of alkyl halides is 2. The van der Waals surface area contributed by atoms with Gasteiger partial charge in [0.1, 0.15) is 0 Å². The number of imide groups is 1. The zero-order chi connectivity index (χ0) is 32.2. The summed E-state index contributed by atoms with van der Waals surface area (Å²) in [5.74, 6) is -3.49. The van der Waals surface area contributed by atoms with Crippen molar-refractivity contribution >= 4 is 29.1 Å². The van der Waals surface area contributed by atoms with E-state index in [1.807, 2.05) is 16.8 Å². The van der Waals surface area contributed by atoms with Crippen molar-refractivity contribution in [3.8, 4) is 0 Å². The fourth-order valence-electron chi connectivity index (χ4n) is 7.28. The Morgan fingerprint density at radius 3 is 2.52 bits per heavy atom. The van der Waals surface area contributed by atoms with E-state index in [4.69, 9.17) is 0 Å². The molecule has 3 saturated heterocycles. The smallest absolute Gasteiger partial charge is 0.276 e. The molecule has 2 aromatic heterocycles. The number of carbonyl (C=O) groups is 3. The topological polar surface area (TPSA) is 128 Å². The lowest BCUT2D eigenvalue weighted by Gasteiger charge is -2.43. The Morgan fingerprint density at radius 2 is 1.80 bits per heavy atom. The van der Waals surface area contributed by atoms with E-state index >= 15 is 0 Å². The molecule has 1 aliphatic carbocycles. The van der Waals surface area contributed by atoms with Crippen LogP contribution >= 0.6 is 0 Å². The van der Waals surface area contributed by atoms with E-state index in [1.165, 1.54) is 13.8 Å². The van der Waals surface area contributed by atoms with Gasteiger partial charge in [-0.05, 0) is 42.9 Å². The first-order valence-electron chi connectivity index (χ1n) is 16.2. The number of amides is 3. The van der Waals surface area contributed by atoms with Crippen LogP contribution < -0.4 is 15.5 Å². The lowest BCUT2D eigenvalue weighted by atomic mass is 9.73. The molecular weight excluding hydrogens is 594 g/mol. The summed E-state index contributed by atoms with van der Waals surface area (Å²) in [6.07, 6.45) is 6.15. The van der Waals surface area contributed by atoms with Crippen molar-refractivity contribution in [2.24, 2.45) is 11.3 Å². The minimum absolute atomic E-state index is 0.0167. The zero-order valence-electron chi connectivity index (χ0n) is 26.2. The summed E-state index contributed by atoms with van der Waals surface area (Å²) in [7, 11) is 0. The third kappa shape index (κ3) is 5.80. The van der Waals surface area contributed by atoms with Gasteiger partial charge in [-0.1, -0.05) is 26.0 Å². The van der Waals surface area contributed by atoms with Gasteiger partial charge in [0.05, 0.1) is 23.8 Å². The van der Waals surface area contributed by atoms with Crippen molar-refractivity contribution in [2.75, 3.05) is 42.9 Å². The first-order valence-corrected chi connectivity index (χ1v) is 16.2. The molecule has 0 saturated carbocycles. The number of piperidine rings is 2. The predicted molar refractivity (Wildman–Crippen MR) is 167 cm³/mol. The van der Waals surface area contributed by atoms with Gasteiger partial charge in [-0.3, -0.25) is 34.4 Å². The Bertz CT molecular complexity index is 1630. The molecule has 3 amide bonds. The van der Waals surface area contributed by atoms with Gasteiger partial charge in [-0.25, -0.2) is 8.78 Å². The molecule has 3 aromatic rings. The van der Waals surface area contributed by atoms with Crippen molar-refractivity contribution in [2.45, 2.75) is 70.3 Å². The number of rotatable bonds is 7. The number of aromatic nitrogens is 4. The molecule has 244 valence electrons. The number of likely N-dealkylation sites (tertiary alicyclic amines) is 1. The van der Waals surface area contributed by atoms with E-state index in [-0.39, 0.29) is 41.5 Å². The number of benzene rings is 1. The molecule has 46 heavy (non-hydrogen) atoms. The zero-order valence-corrected chi connectivity index (χ0v) is 26.2. The molecular formula is C33H40F2N8O3. The number of hydrogen-bond donors (Lipinski definition) is 3. The lowest BCUT2D eigenvalue weighted by molar-refractivity contribution is -0.134. The quantitative estimate of drug-likeness (QED) is 0.336. The van der Waals surface area contributed by atoms with Crippen LogP contribution in [-0.4, -0.2) is 81.2 Å². The van der Waals surface area contributed by atoms with Gasteiger partial charge in [0.2, 0.25) is 11.8 Å². The molecule has 3 N–H and O–H groups in total. The maximum atomic E-state index is 14.7. The maximum absolute atomic E-state index is 14.7. The Balaban J connectivity index is 0.860. The molecule has 5 heterocycles. The molecule has 7 rings (SSSR count). The third-order valence-electron chi connectivity index (χ3n) is 10.4. The van der Waals surface area contributed by atoms with Crippen LogP contribution in [0.3, 0.4) is 0 Å². The van der Waals surface area contributed by atoms with Crippen molar-refractivity contribution < 1.29 is 23.2 Å². The van der Waals surface area contributed by atoms with Crippen LogP contribution in [-0.2, 0) is 22.4 Å². The summed E-state index contributed by atoms with van der Waals surface area (Å²) < 4.78 is 31.2. The van der Waals surface area contributed by atoms with Gasteiger partial charge in [0, 0.05) is 80.5 Å². The van der Waals surface area contributed by atoms with Gasteiger partial charge in [-0.2, -0.15) is 10.2 Å². The standard InChI is InChI=1S/C33H40F2N8O3/c1-32(2)14-27-26(13-33(32,34)35)29(40-39-27)31(46)37-22-15-36-43(17-22)24-18-41(19-24)16-20-9-11-42(12-10-20)23-5-3-21(4-6-23)25-7-8-28(44)38-30(25)45/h3-6,15,17,20,24-25H,7-14,16,18-19H2,1-2H3,(H,37,46)(H,39,40)(H,38,44,45). The van der Waals surface area contributed by atoms with E-state index in [0.717, 1.165) is 56.8 Å². The summed E-state index contributed by atoms with van der Waals surface area (Å²) in [6.45, 7) is 7.84. The molecule has 0 radical (unpaired) electrons. The number of carbonyl (C=O) groups excluding carboxylic acids is 3. The van der Waals surface area contributed by atoms with E-state index < -0.39 is 23.7 Å². The van der Waals surface area contributed by atoms with E-state index in [0.29, 0.717) is 30.1 Å². The number of fused-ring (bicyclic) bond motifs is 1. The van der Waals surface area contributed by atoms with Gasteiger partial charge in [0.25, 0.3) is 11.8 Å². The molecule has 4 aliphatic rings. The second kappa shape index (κ2) is 11.6. The normalized spacial score (nSPS) is 23.5. The Morgan fingerprint density at radius 1 is 1.07 bits per heavy atom. The van der Waals surface area contributed by atoms with Crippen molar-refractivity contribution in [3.63, 3.8) is 0 Å². The number of nitrogens with zero attached hydrogens (tertiary/aromatic N) is 5. The summed E-state index contributed by atoms with van der Waals surface area (Å²) in [5, 5.41) is 16.6. The van der Waals surface area contributed by atoms with Gasteiger partial charge < -0.3 is 10.2 Å². The molecule has 11 nitrogen and oxygen atoms in total. The molecule has 1 aromatic carbocycles. The largest absolute Gasteiger partial charge is 0.372 e. The number of nitrogens with one attached hydrogen (secondary N) is 3. The number of hydrogen-bond acceptors (Lipinski definition) is 7. The summed E-state index contributed by atoms with van der Waals surface area (Å²) >= 11 is 0. The molecule has 1 atom stereocenters. The second-order valence-corrected chi connectivity index (χ2v) is 14.0. The van der Waals surface area contributed by atoms with E-state index in [9.17, 15) is 23.2 Å². The fraction of sp³-hybridized carbons (Fsp3) is 0.545. The van der Waals surface area contributed by atoms with Gasteiger partial charge in [-0.15, -0.1) is 0 Å². The summed E-state index contributed by atoms with van der Waals surface area (Å²) in [6, 6.07) is 8.41. The van der Waals surface area contributed by atoms with Gasteiger partial charge >= 0.3 is 0 Å². The van der Waals surface area contributed by atoms with E-state index in [2.05, 4.69) is 47.9 Å². The Hall–Kier alpha value is -4.13. The SMILES string of the molecule is CC1(C)Cc2[nH]nc(C(=O)Nc3cnn(C4CN(CC5CCN(c6ccc(C7CCC(=O)NC7=O)cc6)CC5)C4)c3)c2CC1(F)F. The van der Waals surface area contributed by atoms with Crippen molar-refractivity contribution in [3.05, 3.63) is 59.2 Å². The van der Waals surface area contributed by atoms with Crippen LogP contribution in [0.25, 0.3) is 0 Å². The molecule has 3 fully saturated rings. The van der Waals surface area contributed by atoms with Crippen LogP contribution in [0.5, 0.6) is 0 Å². The third-order valence-corrected chi connectivity index (χ3v) is 10.4. The number of aromatic amines is 1. The predicted octanol–water partition coefficient (Wildman–Crippen LogP) is 3.91. The first-order chi connectivity index (χ1) is 22.0. The number of H-pyrrole nitrogens is 1. The highest BCUT2D eigenvalue weighted by Crippen LogP contribution is 2.46. The maximum Gasteiger partial charge on any atom is 0.276 e. The second-order valence-electron chi connectivity index (χ2n) is 14.0. The van der Waals surface area contributed by atoms with Crippen LogP contribution in [0.15, 0.2) is 36.7 Å². The van der Waals surface area contributed by atoms with Crippen molar-refractivity contribution in [1.82, 2.24) is 30.2 Å². The Labute approximate surface area is 266 Å². The lowest BCUT2D eigenvalue weighted by Crippen LogP contribution is -2.50. The number of anilines is 2. The Kier molecular flexibility index (Phi) is 7.69. The van der Waals surface area contributed by atoms with Crippen molar-refractivity contribution in [1.29, 1.82) is 0 Å². The van der Waals surface area contributed by atoms with E-state index in [1.54, 1.807) is 12.4 Å². The molecule has 1 unspecified atom stereocenters. The first kappa shape index (κ1) is 30.5. The minimum Gasteiger partial charge on any atom is -0.372 e. The number of halogens is 2. The highest BCUT2D eigenvalue weighted by atomic mass is 19.3. The molecule has 3 aliphatic heterocycles. The van der Waals surface area contributed by atoms with Crippen LogP contribution in [0.4, 0.5) is 20.2 Å². The van der Waals surface area contributed by atoms with Crippen LogP contribution in [0, 0.1) is 11.3 Å². The van der Waals surface area contributed by atoms with Crippen LogP contribution in [0.1, 0.15) is 78.8 Å². The monoisotopic (exact) mass is 634 g/mol. The highest BCUT2D eigenvalue weighted by Gasteiger charge is 2.51. The average Bonchev–Trinajstić information content (AvgIpc) is 3.61. The van der Waals surface area contributed by atoms with Gasteiger partial charge in [0.15, 0.2) is 5.69 Å². The highest BCUT2D eigenvalue weighted by molar-refractivity contribution is 6.04. The summed E-state index contributed by atoms with van der Waals surface area (Å²) in [5.41, 5.74) is 2.33. The molecule has 0 bridgehead atoms. The molecule has 13 heteroatoms.